The Labute approximate surface area is 166 Å². The summed E-state index contributed by atoms with van der Waals surface area (Å²) in [6.07, 6.45) is 3.08. The molecule has 7 nitrogen and oxygen atoms in total. The molecule has 4 rings (SSSR count). The molecule has 0 radical (unpaired) electrons. The van der Waals surface area contributed by atoms with Crippen LogP contribution in [0.1, 0.15) is 12.8 Å². The Morgan fingerprint density at radius 1 is 1.11 bits per heavy atom. The molecule has 0 saturated carbocycles. The fourth-order valence-corrected chi connectivity index (χ4v) is 3.62. The van der Waals surface area contributed by atoms with Crippen molar-refractivity contribution in [1.82, 2.24) is 14.8 Å². The van der Waals surface area contributed by atoms with Crippen molar-refractivity contribution in [3.05, 3.63) is 60.9 Å². The van der Waals surface area contributed by atoms with E-state index >= 15 is 0 Å². The number of carbonyl (C=O) groups excluding carboxylic acids is 2. The van der Waals surface area contributed by atoms with Crippen LogP contribution in [-0.2, 0) is 9.59 Å². The fourth-order valence-electron chi connectivity index (χ4n) is 3.02. The molecule has 1 saturated heterocycles. The molecule has 0 unspecified atom stereocenters. The lowest BCUT2D eigenvalue weighted by atomic mass is 10.2. The average molecular weight is 393 g/mol. The zero-order valence-corrected chi connectivity index (χ0v) is 15.9. The van der Waals surface area contributed by atoms with E-state index in [2.05, 4.69) is 15.4 Å². The van der Waals surface area contributed by atoms with Gasteiger partial charge in [-0.2, -0.15) is 0 Å². The highest BCUT2D eigenvalue weighted by Gasteiger charge is 2.21. The van der Waals surface area contributed by atoms with Crippen LogP contribution in [0.3, 0.4) is 0 Å². The molecule has 0 atom stereocenters. The summed E-state index contributed by atoms with van der Waals surface area (Å²) in [6, 6.07) is 17.0. The summed E-state index contributed by atoms with van der Waals surface area (Å²) >= 11 is 1.27. The van der Waals surface area contributed by atoms with Crippen molar-refractivity contribution in [2.75, 3.05) is 22.5 Å². The van der Waals surface area contributed by atoms with Crippen molar-refractivity contribution in [1.29, 1.82) is 0 Å². The molecule has 142 valence electrons. The molecular formula is C20H19N5O2S. The molecule has 28 heavy (non-hydrogen) atoms. The maximum absolute atomic E-state index is 12.3. The molecule has 0 spiro atoms. The highest BCUT2D eigenvalue weighted by molar-refractivity contribution is 7.99. The second-order valence-electron chi connectivity index (χ2n) is 6.34. The number of nitrogens with one attached hydrogen (secondary N) is 1. The van der Waals surface area contributed by atoms with Crippen LogP contribution in [0.15, 0.2) is 66.1 Å². The van der Waals surface area contributed by atoms with Crippen LogP contribution < -0.4 is 10.2 Å². The first-order chi connectivity index (χ1) is 13.7. The number of anilines is 2. The Balaban J connectivity index is 1.34. The van der Waals surface area contributed by atoms with E-state index in [-0.39, 0.29) is 17.6 Å². The van der Waals surface area contributed by atoms with E-state index in [4.69, 9.17) is 0 Å². The summed E-state index contributed by atoms with van der Waals surface area (Å²) in [6.45, 7) is 0.724. The Bertz CT molecular complexity index is 989. The van der Waals surface area contributed by atoms with Crippen molar-refractivity contribution in [2.24, 2.45) is 0 Å². The van der Waals surface area contributed by atoms with Crippen LogP contribution >= 0.6 is 11.8 Å². The lowest BCUT2D eigenvalue weighted by molar-refractivity contribution is -0.117. The smallest absolute Gasteiger partial charge is 0.234 e. The van der Waals surface area contributed by atoms with Gasteiger partial charge in [0.2, 0.25) is 17.0 Å². The van der Waals surface area contributed by atoms with Gasteiger partial charge in [0.15, 0.2) is 0 Å². The zero-order valence-electron chi connectivity index (χ0n) is 15.1. The number of nitrogens with zero attached hydrogens (tertiary/aromatic N) is 4. The molecule has 2 amide bonds. The van der Waals surface area contributed by atoms with Crippen LogP contribution in [0.4, 0.5) is 11.4 Å². The quantitative estimate of drug-likeness (QED) is 0.651. The Kier molecular flexibility index (Phi) is 5.38. The first-order valence-electron chi connectivity index (χ1n) is 8.99. The van der Waals surface area contributed by atoms with Crippen LogP contribution in [0.2, 0.25) is 0 Å². The van der Waals surface area contributed by atoms with E-state index in [0.717, 1.165) is 24.3 Å². The number of aromatic nitrogens is 3. The predicted molar refractivity (Wildman–Crippen MR) is 109 cm³/mol. The van der Waals surface area contributed by atoms with Gasteiger partial charge in [0.05, 0.1) is 11.4 Å². The third-order valence-corrected chi connectivity index (χ3v) is 5.19. The fraction of sp³-hybridized carbons (Fsp3) is 0.200. The van der Waals surface area contributed by atoms with Crippen molar-refractivity contribution in [3.63, 3.8) is 0 Å². The Morgan fingerprint density at radius 2 is 1.93 bits per heavy atom. The zero-order chi connectivity index (χ0) is 19.3. The molecule has 1 N–H and O–H groups in total. The van der Waals surface area contributed by atoms with Gasteiger partial charge >= 0.3 is 0 Å². The summed E-state index contributed by atoms with van der Waals surface area (Å²) < 4.78 is 1.68. The molecule has 8 heteroatoms. The Hall–Kier alpha value is -3.13. The molecule has 1 aliphatic rings. The molecule has 2 aromatic carbocycles. The lowest BCUT2D eigenvalue weighted by Crippen LogP contribution is -2.23. The van der Waals surface area contributed by atoms with Crippen molar-refractivity contribution in [3.8, 4) is 5.69 Å². The highest BCUT2D eigenvalue weighted by atomic mass is 32.2. The summed E-state index contributed by atoms with van der Waals surface area (Å²) in [4.78, 5) is 30.2. The maximum atomic E-state index is 12.3. The maximum Gasteiger partial charge on any atom is 0.234 e. The van der Waals surface area contributed by atoms with E-state index in [1.807, 2.05) is 54.6 Å². The van der Waals surface area contributed by atoms with Gasteiger partial charge in [0.1, 0.15) is 6.33 Å². The first-order valence-corrected chi connectivity index (χ1v) is 9.98. The summed E-state index contributed by atoms with van der Waals surface area (Å²) in [5, 5.41) is 7.79. The largest absolute Gasteiger partial charge is 0.325 e. The standard InChI is InChI=1S/C20H19N5O2S/c26-18(13-28-20-21-14-25(23-20)16-7-2-1-3-8-16)22-15-6-4-9-17(12-15)24-11-5-10-19(24)27/h1-4,6-9,12,14H,5,10-11,13H2,(H,22,26). The number of amides is 2. The number of thioether (sulfide) groups is 1. The van der Waals surface area contributed by atoms with Crippen molar-refractivity contribution in [2.45, 2.75) is 18.0 Å². The molecule has 1 aliphatic heterocycles. The molecular weight excluding hydrogens is 374 g/mol. The van der Waals surface area contributed by atoms with E-state index in [9.17, 15) is 9.59 Å². The van der Waals surface area contributed by atoms with Crippen LogP contribution in [0.5, 0.6) is 0 Å². The summed E-state index contributed by atoms with van der Waals surface area (Å²) in [7, 11) is 0. The molecule has 1 aromatic heterocycles. The van der Waals surface area contributed by atoms with Crippen LogP contribution in [0, 0.1) is 0 Å². The summed E-state index contributed by atoms with van der Waals surface area (Å²) in [5.41, 5.74) is 2.40. The van der Waals surface area contributed by atoms with Gasteiger partial charge in [-0.15, -0.1) is 5.10 Å². The van der Waals surface area contributed by atoms with Crippen molar-refractivity contribution >= 4 is 35.0 Å². The monoisotopic (exact) mass is 393 g/mol. The normalized spacial score (nSPS) is 13.7. The minimum absolute atomic E-state index is 0.124. The SMILES string of the molecule is O=C(CSc1ncn(-c2ccccc2)n1)Nc1cccc(N2CCCC2=O)c1. The second-order valence-corrected chi connectivity index (χ2v) is 7.29. The third-order valence-electron chi connectivity index (χ3n) is 4.34. The number of benzene rings is 2. The number of hydrogen-bond acceptors (Lipinski definition) is 5. The van der Waals surface area contributed by atoms with Crippen molar-refractivity contribution < 1.29 is 9.59 Å². The number of hydrogen-bond donors (Lipinski definition) is 1. The van der Waals surface area contributed by atoms with E-state index in [1.54, 1.807) is 15.9 Å². The summed E-state index contributed by atoms with van der Waals surface area (Å²) in [5.74, 6) is 0.177. The van der Waals surface area contributed by atoms with Gasteiger partial charge in [-0.3, -0.25) is 9.59 Å². The molecule has 3 aromatic rings. The lowest BCUT2D eigenvalue weighted by Gasteiger charge is -2.16. The van der Waals surface area contributed by atoms with E-state index in [0.29, 0.717) is 17.3 Å². The predicted octanol–water partition coefficient (Wildman–Crippen LogP) is 3.12. The number of carbonyl (C=O) groups is 2. The third kappa shape index (κ3) is 4.23. The number of para-hydroxylation sites is 1. The van der Waals surface area contributed by atoms with Gasteiger partial charge in [-0.1, -0.05) is 36.0 Å². The van der Waals surface area contributed by atoms with Gasteiger partial charge in [0, 0.05) is 24.3 Å². The van der Waals surface area contributed by atoms with Gasteiger partial charge in [-0.05, 0) is 36.8 Å². The molecule has 0 aliphatic carbocycles. The minimum atomic E-state index is -0.147. The van der Waals surface area contributed by atoms with Gasteiger partial charge in [-0.25, -0.2) is 9.67 Å². The van der Waals surface area contributed by atoms with Crippen LogP contribution in [-0.4, -0.2) is 38.9 Å². The topological polar surface area (TPSA) is 80.1 Å². The van der Waals surface area contributed by atoms with Gasteiger partial charge < -0.3 is 10.2 Å². The molecule has 1 fully saturated rings. The van der Waals surface area contributed by atoms with E-state index < -0.39 is 0 Å². The van der Waals surface area contributed by atoms with Gasteiger partial charge in [0.25, 0.3) is 0 Å². The number of rotatable bonds is 6. The molecule has 2 heterocycles. The first kappa shape index (κ1) is 18.2. The second kappa shape index (κ2) is 8.26. The van der Waals surface area contributed by atoms with Crippen LogP contribution in [0.25, 0.3) is 5.69 Å². The molecule has 0 bridgehead atoms. The highest BCUT2D eigenvalue weighted by Crippen LogP contribution is 2.24. The van der Waals surface area contributed by atoms with E-state index in [1.165, 1.54) is 11.8 Å². The average Bonchev–Trinajstić information content (AvgIpc) is 3.36. The Morgan fingerprint density at radius 3 is 2.71 bits per heavy atom. The minimum Gasteiger partial charge on any atom is -0.325 e.